The van der Waals surface area contributed by atoms with Crippen molar-refractivity contribution in [2.24, 2.45) is 0 Å². The average molecular weight is 253 g/mol. The Bertz CT molecular complexity index is 575. The number of aryl methyl sites for hydroxylation is 1. The number of anilines is 1. The van der Waals surface area contributed by atoms with Crippen LogP contribution in [0, 0.1) is 6.92 Å². The first-order valence-electron chi connectivity index (χ1n) is 6.72. The van der Waals surface area contributed by atoms with Crippen LogP contribution in [0.1, 0.15) is 22.4 Å². The lowest BCUT2D eigenvalue weighted by Gasteiger charge is -2.29. The zero-order valence-electron chi connectivity index (χ0n) is 11.3. The standard InChI is InChI=1S/C16H19N3/c1-12-5-6-13(9-18-12)10-19-8-7-14-3-2-4-16(17)15(14)11-19/h2-6,9H,7-8,10-11,17H2,1H3. The molecule has 1 aliphatic heterocycles. The van der Waals surface area contributed by atoms with Gasteiger partial charge in [-0.25, -0.2) is 0 Å². The number of benzene rings is 1. The maximum atomic E-state index is 6.08. The Balaban J connectivity index is 1.75. The molecular weight excluding hydrogens is 234 g/mol. The number of nitrogens with zero attached hydrogens (tertiary/aromatic N) is 2. The Morgan fingerprint density at radius 2 is 2.16 bits per heavy atom. The largest absolute Gasteiger partial charge is 0.398 e. The Labute approximate surface area is 114 Å². The fourth-order valence-corrected chi connectivity index (χ4v) is 2.65. The zero-order valence-corrected chi connectivity index (χ0v) is 11.3. The van der Waals surface area contributed by atoms with Crippen LogP contribution in [0.2, 0.25) is 0 Å². The van der Waals surface area contributed by atoms with Crippen molar-refractivity contribution in [1.29, 1.82) is 0 Å². The third-order valence-electron chi connectivity index (χ3n) is 3.77. The van der Waals surface area contributed by atoms with Gasteiger partial charge in [-0.1, -0.05) is 18.2 Å². The number of pyridine rings is 1. The van der Waals surface area contributed by atoms with E-state index >= 15 is 0 Å². The topological polar surface area (TPSA) is 42.1 Å². The van der Waals surface area contributed by atoms with Crippen LogP contribution in [0.3, 0.4) is 0 Å². The van der Waals surface area contributed by atoms with Crippen molar-refractivity contribution in [2.75, 3.05) is 12.3 Å². The molecule has 0 saturated heterocycles. The van der Waals surface area contributed by atoms with Gasteiger partial charge in [0.25, 0.3) is 0 Å². The first-order chi connectivity index (χ1) is 9.22. The van der Waals surface area contributed by atoms with E-state index in [1.807, 2.05) is 25.3 Å². The molecule has 0 fully saturated rings. The molecule has 1 aliphatic rings. The van der Waals surface area contributed by atoms with Crippen LogP contribution in [-0.4, -0.2) is 16.4 Å². The van der Waals surface area contributed by atoms with Crippen LogP contribution in [0.4, 0.5) is 5.69 Å². The van der Waals surface area contributed by atoms with E-state index in [9.17, 15) is 0 Å². The van der Waals surface area contributed by atoms with Gasteiger partial charge in [0.1, 0.15) is 0 Å². The summed E-state index contributed by atoms with van der Waals surface area (Å²) < 4.78 is 0. The Morgan fingerprint density at radius 3 is 2.95 bits per heavy atom. The second-order valence-electron chi connectivity index (χ2n) is 5.25. The molecule has 1 aromatic heterocycles. The van der Waals surface area contributed by atoms with Crippen molar-refractivity contribution < 1.29 is 0 Å². The predicted molar refractivity (Wildman–Crippen MR) is 77.6 cm³/mol. The molecule has 3 nitrogen and oxygen atoms in total. The van der Waals surface area contributed by atoms with Gasteiger partial charge < -0.3 is 5.73 Å². The minimum Gasteiger partial charge on any atom is -0.398 e. The zero-order chi connectivity index (χ0) is 13.2. The quantitative estimate of drug-likeness (QED) is 0.836. The highest BCUT2D eigenvalue weighted by Crippen LogP contribution is 2.25. The highest BCUT2D eigenvalue weighted by Gasteiger charge is 2.17. The molecule has 0 saturated carbocycles. The second kappa shape index (κ2) is 5.02. The second-order valence-corrected chi connectivity index (χ2v) is 5.25. The van der Waals surface area contributed by atoms with Gasteiger partial charge in [0, 0.05) is 37.2 Å². The van der Waals surface area contributed by atoms with E-state index in [1.54, 1.807) is 0 Å². The molecule has 2 aromatic rings. The summed E-state index contributed by atoms with van der Waals surface area (Å²) in [7, 11) is 0. The summed E-state index contributed by atoms with van der Waals surface area (Å²) in [6, 6.07) is 10.5. The van der Waals surface area contributed by atoms with E-state index in [1.165, 1.54) is 16.7 Å². The van der Waals surface area contributed by atoms with Gasteiger partial charge in [0.15, 0.2) is 0 Å². The van der Waals surface area contributed by atoms with E-state index in [0.29, 0.717) is 0 Å². The fourth-order valence-electron chi connectivity index (χ4n) is 2.65. The van der Waals surface area contributed by atoms with Crippen molar-refractivity contribution in [1.82, 2.24) is 9.88 Å². The first kappa shape index (κ1) is 12.2. The van der Waals surface area contributed by atoms with Crippen LogP contribution in [-0.2, 0) is 19.5 Å². The summed E-state index contributed by atoms with van der Waals surface area (Å²) in [4.78, 5) is 6.79. The molecule has 3 heteroatoms. The van der Waals surface area contributed by atoms with Crippen molar-refractivity contribution in [3.05, 3.63) is 58.9 Å². The molecular formula is C16H19N3. The molecule has 2 heterocycles. The van der Waals surface area contributed by atoms with Gasteiger partial charge in [-0.3, -0.25) is 9.88 Å². The predicted octanol–water partition coefficient (Wildman–Crippen LogP) is 2.53. The number of nitrogen functional groups attached to an aromatic ring is 1. The molecule has 0 radical (unpaired) electrons. The van der Waals surface area contributed by atoms with Crippen LogP contribution in [0.15, 0.2) is 36.5 Å². The third-order valence-corrected chi connectivity index (χ3v) is 3.77. The summed E-state index contributed by atoms with van der Waals surface area (Å²) in [5, 5.41) is 0. The van der Waals surface area contributed by atoms with Gasteiger partial charge in [0.05, 0.1) is 0 Å². The molecule has 0 amide bonds. The number of fused-ring (bicyclic) bond motifs is 1. The van der Waals surface area contributed by atoms with E-state index in [4.69, 9.17) is 5.73 Å². The van der Waals surface area contributed by atoms with E-state index < -0.39 is 0 Å². The van der Waals surface area contributed by atoms with Crippen molar-refractivity contribution >= 4 is 5.69 Å². The van der Waals surface area contributed by atoms with Crippen LogP contribution in [0.5, 0.6) is 0 Å². The lowest BCUT2D eigenvalue weighted by atomic mass is 9.98. The summed E-state index contributed by atoms with van der Waals surface area (Å²) in [5.74, 6) is 0. The van der Waals surface area contributed by atoms with E-state index in [0.717, 1.165) is 37.4 Å². The summed E-state index contributed by atoms with van der Waals surface area (Å²) >= 11 is 0. The molecule has 1 aromatic carbocycles. The molecule has 0 atom stereocenters. The van der Waals surface area contributed by atoms with Crippen LogP contribution >= 0.6 is 0 Å². The number of rotatable bonds is 2. The average Bonchev–Trinajstić information content (AvgIpc) is 2.42. The lowest BCUT2D eigenvalue weighted by molar-refractivity contribution is 0.246. The Morgan fingerprint density at radius 1 is 1.26 bits per heavy atom. The number of hydrogen-bond acceptors (Lipinski definition) is 3. The van der Waals surface area contributed by atoms with Crippen molar-refractivity contribution in [2.45, 2.75) is 26.4 Å². The number of hydrogen-bond donors (Lipinski definition) is 1. The van der Waals surface area contributed by atoms with Gasteiger partial charge in [-0.2, -0.15) is 0 Å². The SMILES string of the molecule is Cc1ccc(CN2CCc3cccc(N)c3C2)cn1. The normalized spacial score (nSPS) is 15.2. The maximum absolute atomic E-state index is 6.08. The maximum Gasteiger partial charge on any atom is 0.0372 e. The summed E-state index contributed by atoms with van der Waals surface area (Å²) in [6.07, 6.45) is 3.05. The Kier molecular flexibility index (Phi) is 3.22. The minimum absolute atomic E-state index is 0.921. The Hall–Kier alpha value is -1.87. The molecule has 0 spiro atoms. The summed E-state index contributed by atoms with van der Waals surface area (Å²) in [5.41, 5.74) is 12.0. The van der Waals surface area contributed by atoms with Crippen molar-refractivity contribution in [3.63, 3.8) is 0 Å². The fraction of sp³-hybridized carbons (Fsp3) is 0.312. The monoisotopic (exact) mass is 253 g/mol. The number of nitrogens with two attached hydrogens (primary N) is 1. The first-order valence-corrected chi connectivity index (χ1v) is 6.72. The number of aromatic nitrogens is 1. The molecule has 0 unspecified atom stereocenters. The van der Waals surface area contributed by atoms with E-state index in [-0.39, 0.29) is 0 Å². The van der Waals surface area contributed by atoms with Crippen LogP contribution in [0.25, 0.3) is 0 Å². The molecule has 3 rings (SSSR count). The smallest absolute Gasteiger partial charge is 0.0372 e. The summed E-state index contributed by atoms with van der Waals surface area (Å²) in [6.45, 7) is 4.99. The van der Waals surface area contributed by atoms with Crippen LogP contribution < -0.4 is 5.73 Å². The molecule has 0 aliphatic carbocycles. The highest BCUT2D eigenvalue weighted by atomic mass is 15.1. The van der Waals surface area contributed by atoms with Gasteiger partial charge >= 0.3 is 0 Å². The minimum atomic E-state index is 0.921. The third kappa shape index (κ3) is 2.61. The van der Waals surface area contributed by atoms with Gasteiger partial charge in [0.2, 0.25) is 0 Å². The lowest BCUT2D eigenvalue weighted by Crippen LogP contribution is -2.30. The van der Waals surface area contributed by atoms with E-state index in [2.05, 4.69) is 28.1 Å². The molecule has 2 N–H and O–H groups in total. The van der Waals surface area contributed by atoms with Gasteiger partial charge in [-0.05, 0) is 42.2 Å². The highest BCUT2D eigenvalue weighted by molar-refractivity contribution is 5.51. The molecule has 0 bridgehead atoms. The molecule has 19 heavy (non-hydrogen) atoms. The van der Waals surface area contributed by atoms with Gasteiger partial charge in [-0.15, -0.1) is 0 Å². The molecule has 98 valence electrons. The van der Waals surface area contributed by atoms with Crippen molar-refractivity contribution in [3.8, 4) is 0 Å².